The smallest absolute Gasteiger partial charge is 0.229 e. The number of hydrogen-bond donors (Lipinski definition) is 1. The van der Waals surface area contributed by atoms with E-state index in [1.54, 1.807) is 19.2 Å². The average Bonchev–Trinajstić information content (AvgIpc) is 2.67. The molecule has 0 spiro atoms. The van der Waals surface area contributed by atoms with Gasteiger partial charge in [0.25, 0.3) is 0 Å². The van der Waals surface area contributed by atoms with Crippen LogP contribution in [0.25, 0.3) is 11.5 Å². The predicted octanol–water partition coefficient (Wildman–Crippen LogP) is 1.05. The summed E-state index contributed by atoms with van der Waals surface area (Å²) in [5.74, 6) is 0.872. The van der Waals surface area contributed by atoms with E-state index in [9.17, 15) is 0 Å². The summed E-state index contributed by atoms with van der Waals surface area (Å²) in [6.07, 6.45) is 1.54. The third kappa shape index (κ3) is 2.38. The van der Waals surface area contributed by atoms with Gasteiger partial charge >= 0.3 is 0 Å². The van der Waals surface area contributed by atoms with E-state index in [0.29, 0.717) is 23.8 Å². The molecule has 2 heterocycles. The van der Waals surface area contributed by atoms with Gasteiger partial charge in [-0.05, 0) is 19.1 Å². The first-order chi connectivity index (χ1) is 7.25. The van der Waals surface area contributed by atoms with E-state index in [-0.39, 0.29) is 0 Å². The van der Waals surface area contributed by atoms with Gasteiger partial charge < -0.3 is 9.63 Å². The fourth-order valence-corrected chi connectivity index (χ4v) is 1.19. The number of aliphatic hydroxyl groups excluding tert-OH is 1. The van der Waals surface area contributed by atoms with E-state index in [4.69, 9.17) is 9.63 Å². The van der Waals surface area contributed by atoms with Crippen molar-refractivity contribution in [2.24, 2.45) is 0 Å². The van der Waals surface area contributed by atoms with Crippen LogP contribution in [0.1, 0.15) is 12.8 Å². The van der Waals surface area contributed by atoms with Crippen LogP contribution >= 0.6 is 0 Å². The minimum absolute atomic E-state index is 0.361. The van der Waals surface area contributed by atoms with Gasteiger partial charge in [-0.25, -0.2) is 0 Å². The average molecular weight is 205 g/mol. The standard InChI is InChI=1S/C10H11N3O2/c1-7(14)6-9-12-10(13-15-9)8-4-2-3-5-11-8/h2-5,7,14H,6H2,1H3. The first-order valence-corrected chi connectivity index (χ1v) is 4.68. The Bertz CT molecular complexity index is 425. The maximum Gasteiger partial charge on any atom is 0.229 e. The molecule has 2 rings (SSSR count). The van der Waals surface area contributed by atoms with Gasteiger partial charge in [-0.1, -0.05) is 11.2 Å². The Morgan fingerprint density at radius 2 is 2.33 bits per heavy atom. The van der Waals surface area contributed by atoms with Crippen LogP contribution in [0.2, 0.25) is 0 Å². The number of nitrogens with zero attached hydrogens (tertiary/aromatic N) is 3. The summed E-state index contributed by atoms with van der Waals surface area (Å²) in [6, 6.07) is 5.48. The third-order valence-electron chi connectivity index (χ3n) is 1.83. The number of pyridine rings is 1. The van der Waals surface area contributed by atoms with Gasteiger partial charge in [0.2, 0.25) is 11.7 Å². The topological polar surface area (TPSA) is 72.0 Å². The molecule has 5 nitrogen and oxygen atoms in total. The highest BCUT2D eigenvalue weighted by Gasteiger charge is 2.10. The SMILES string of the molecule is CC(O)Cc1nc(-c2ccccn2)no1. The van der Waals surface area contributed by atoms with Crippen LogP contribution < -0.4 is 0 Å². The second kappa shape index (κ2) is 4.18. The van der Waals surface area contributed by atoms with Crippen molar-refractivity contribution in [3.8, 4) is 11.5 Å². The Balaban J connectivity index is 2.21. The van der Waals surface area contributed by atoms with Crippen molar-refractivity contribution in [3.05, 3.63) is 30.3 Å². The van der Waals surface area contributed by atoms with Crippen molar-refractivity contribution >= 4 is 0 Å². The molecule has 0 aliphatic heterocycles. The Morgan fingerprint density at radius 1 is 1.47 bits per heavy atom. The third-order valence-corrected chi connectivity index (χ3v) is 1.83. The lowest BCUT2D eigenvalue weighted by Crippen LogP contribution is -2.04. The molecule has 0 bridgehead atoms. The molecule has 0 saturated heterocycles. The van der Waals surface area contributed by atoms with Crippen LogP contribution in [-0.2, 0) is 6.42 Å². The molecule has 1 N–H and O–H groups in total. The molecule has 0 aromatic carbocycles. The minimum atomic E-state index is -0.484. The van der Waals surface area contributed by atoms with Crippen molar-refractivity contribution in [1.82, 2.24) is 15.1 Å². The summed E-state index contributed by atoms with van der Waals surface area (Å²) in [7, 11) is 0. The van der Waals surface area contributed by atoms with Crippen LogP contribution in [0.5, 0.6) is 0 Å². The Morgan fingerprint density at radius 3 is 3.00 bits per heavy atom. The van der Waals surface area contributed by atoms with E-state index in [2.05, 4.69) is 15.1 Å². The minimum Gasteiger partial charge on any atom is -0.393 e. The highest BCUT2D eigenvalue weighted by Crippen LogP contribution is 2.12. The molecule has 15 heavy (non-hydrogen) atoms. The molecule has 0 amide bonds. The zero-order chi connectivity index (χ0) is 10.7. The Hall–Kier alpha value is -1.75. The van der Waals surface area contributed by atoms with Crippen molar-refractivity contribution < 1.29 is 9.63 Å². The summed E-state index contributed by atoms with van der Waals surface area (Å²) in [6.45, 7) is 1.67. The van der Waals surface area contributed by atoms with Gasteiger partial charge in [0.05, 0.1) is 12.5 Å². The van der Waals surface area contributed by atoms with Crippen LogP contribution in [0.3, 0.4) is 0 Å². The highest BCUT2D eigenvalue weighted by atomic mass is 16.5. The molecule has 0 aliphatic rings. The second-order valence-electron chi connectivity index (χ2n) is 3.28. The quantitative estimate of drug-likeness (QED) is 0.811. The predicted molar refractivity (Wildman–Crippen MR) is 52.9 cm³/mol. The monoisotopic (exact) mass is 205 g/mol. The molecule has 2 aromatic heterocycles. The summed E-state index contributed by atoms with van der Waals surface area (Å²) in [4.78, 5) is 8.21. The fraction of sp³-hybridized carbons (Fsp3) is 0.300. The fourth-order valence-electron chi connectivity index (χ4n) is 1.19. The van der Waals surface area contributed by atoms with Gasteiger partial charge in [-0.3, -0.25) is 4.98 Å². The zero-order valence-electron chi connectivity index (χ0n) is 8.29. The van der Waals surface area contributed by atoms with Gasteiger partial charge in [-0.2, -0.15) is 4.98 Å². The largest absolute Gasteiger partial charge is 0.393 e. The van der Waals surface area contributed by atoms with Gasteiger partial charge in [0.1, 0.15) is 5.69 Å². The van der Waals surface area contributed by atoms with Crippen molar-refractivity contribution in [3.63, 3.8) is 0 Å². The summed E-state index contributed by atoms with van der Waals surface area (Å²) < 4.78 is 4.97. The maximum atomic E-state index is 9.14. The van der Waals surface area contributed by atoms with E-state index in [1.807, 2.05) is 12.1 Å². The lowest BCUT2D eigenvalue weighted by molar-refractivity contribution is 0.181. The first-order valence-electron chi connectivity index (χ1n) is 4.68. The van der Waals surface area contributed by atoms with Gasteiger partial charge in [0.15, 0.2) is 0 Å². The van der Waals surface area contributed by atoms with Crippen molar-refractivity contribution in [2.75, 3.05) is 0 Å². The summed E-state index contributed by atoms with van der Waals surface area (Å²) >= 11 is 0. The van der Waals surface area contributed by atoms with E-state index < -0.39 is 6.10 Å². The molecule has 5 heteroatoms. The summed E-state index contributed by atoms with van der Waals surface area (Å²) in [5.41, 5.74) is 0.665. The molecule has 2 aromatic rings. The van der Waals surface area contributed by atoms with Crippen LogP contribution in [0.4, 0.5) is 0 Å². The van der Waals surface area contributed by atoms with Crippen LogP contribution in [-0.4, -0.2) is 26.3 Å². The maximum absolute atomic E-state index is 9.14. The molecular weight excluding hydrogens is 194 g/mol. The molecule has 0 saturated carbocycles. The van der Waals surface area contributed by atoms with Crippen LogP contribution in [0, 0.1) is 0 Å². The molecule has 1 unspecified atom stereocenters. The lowest BCUT2D eigenvalue weighted by atomic mass is 10.3. The Labute approximate surface area is 86.8 Å². The van der Waals surface area contributed by atoms with E-state index >= 15 is 0 Å². The number of aromatic nitrogens is 3. The molecule has 78 valence electrons. The number of aliphatic hydroxyl groups is 1. The lowest BCUT2D eigenvalue weighted by Gasteiger charge is -1.95. The van der Waals surface area contributed by atoms with Crippen molar-refractivity contribution in [1.29, 1.82) is 0 Å². The van der Waals surface area contributed by atoms with E-state index in [1.165, 1.54) is 0 Å². The van der Waals surface area contributed by atoms with Crippen molar-refractivity contribution in [2.45, 2.75) is 19.4 Å². The summed E-state index contributed by atoms with van der Waals surface area (Å²) in [5, 5.41) is 12.9. The Kier molecular flexibility index (Phi) is 2.73. The normalized spacial score (nSPS) is 12.7. The zero-order valence-corrected chi connectivity index (χ0v) is 8.29. The number of hydrogen-bond acceptors (Lipinski definition) is 5. The first kappa shape index (κ1) is 9.79. The van der Waals surface area contributed by atoms with Crippen LogP contribution in [0.15, 0.2) is 28.9 Å². The molecule has 0 radical (unpaired) electrons. The second-order valence-corrected chi connectivity index (χ2v) is 3.28. The number of rotatable bonds is 3. The molecule has 0 fully saturated rings. The van der Waals surface area contributed by atoms with Gasteiger partial charge in [0, 0.05) is 6.20 Å². The molecular formula is C10H11N3O2. The van der Waals surface area contributed by atoms with Gasteiger partial charge in [-0.15, -0.1) is 0 Å². The molecule has 0 aliphatic carbocycles. The van der Waals surface area contributed by atoms with E-state index in [0.717, 1.165) is 0 Å². The highest BCUT2D eigenvalue weighted by molar-refractivity contribution is 5.46. The molecule has 1 atom stereocenters.